The number of rotatable bonds is 9. The third-order valence-corrected chi connectivity index (χ3v) is 10.4. The van der Waals surface area contributed by atoms with Crippen LogP contribution in [0.3, 0.4) is 0 Å². The van der Waals surface area contributed by atoms with E-state index in [4.69, 9.17) is 4.42 Å². The van der Waals surface area contributed by atoms with Crippen LogP contribution >= 0.6 is 0 Å². The normalized spacial score (nSPS) is 11.7. The van der Waals surface area contributed by atoms with Crippen LogP contribution in [-0.2, 0) is 6.42 Å². The van der Waals surface area contributed by atoms with Crippen molar-refractivity contribution in [3.8, 4) is 44.5 Å². The van der Waals surface area contributed by atoms with Crippen molar-refractivity contribution in [2.75, 3.05) is 0 Å². The number of aromatic amines is 1. The zero-order valence-electron chi connectivity index (χ0n) is 33.0. The van der Waals surface area contributed by atoms with E-state index in [2.05, 4.69) is 188 Å². The molecule has 0 aliphatic rings. The van der Waals surface area contributed by atoms with Crippen molar-refractivity contribution < 1.29 is 4.42 Å². The molecule has 0 bridgehead atoms. The lowest BCUT2D eigenvalue weighted by atomic mass is 9.96. The van der Waals surface area contributed by atoms with Gasteiger partial charge < -0.3 is 9.40 Å². The first-order valence-electron chi connectivity index (χ1n) is 19.9. The average molecular weight is 739 g/mol. The molecule has 0 saturated heterocycles. The van der Waals surface area contributed by atoms with Gasteiger partial charge in [0, 0.05) is 28.2 Å². The molecule has 278 valence electrons. The Labute approximate surface area is 335 Å². The van der Waals surface area contributed by atoms with E-state index in [-0.39, 0.29) is 0 Å². The van der Waals surface area contributed by atoms with Gasteiger partial charge in [-0.25, -0.2) is 0 Å². The van der Waals surface area contributed by atoms with Gasteiger partial charge in [0.25, 0.3) is 0 Å². The molecule has 9 rings (SSSR count). The van der Waals surface area contributed by atoms with E-state index in [1.54, 1.807) is 0 Å². The van der Waals surface area contributed by atoms with Crippen molar-refractivity contribution in [3.63, 3.8) is 0 Å². The number of nitrogens with one attached hydrogen (secondary N) is 1. The minimum absolute atomic E-state index is 0.811. The van der Waals surface area contributed by atoms with Crippen LogP contribution in [0, 0.1) is 6.92 Å². The number of pyridine rings is 1. The smallest absolute Gasteiger partial charge is 0.153 e. The number of aryl methyl sites for hydroxylation is 1. The highest BCUT2D eigenvalue weighted by Gasteiger charge is 2.11. The quantitative estimate of drug-likeness (QED) is 0.150. The molecule has 0 aliphatic heterocycles. The largest absolute Gasteiger partial charge is 0.454 e. The molecule has 57 heavy (non-hydrogen) atoms. The SMILES string of the molecule is C/C=C\c1[nH]c2ccc(-c3cccc(-c4cccc(C/C=C\C=C\c5cccc(-c6cccc(-c7ccc8oc9cccnc9c8c7)c6)c5)c4)c3)cc2c1C.CC. The Bertz CT molecular complexity index is 2930. The predicted molar refractivity (Wildman–Crippen MR) is 244 cm³/mol. The highest BCUT2D eigenvalue weighted by molar-refractivity contribution is 6.04. The number of nitrogens with zero attached hydrogens (tertiary/aromatic N) is 1. The van der Waals surface area contributed by atoms with Gasteiger partial charge in [-0.1, -0.05) is 135 Å². The van der Waals surface area contributed by atoms with Crippen LogP contribution < -0.4 is 0 Å². The molecule has 1 N–H and O–H groups in total. The molecule has 3 nitrogen and oxygen atoms in total. The molecule has 9 aromatic rings. The molecule has 0 amide bonds. The van der Waals surface area contributed by atoms with Gasteiger partial charge in [-0.2, -0.15) is 0 Å². The summed E-state index contributed by atoms with van der Waals surface area (Å²) < 4.78 is 6.00. The van der Waals surface area contributed by atoms with E-state index in [0.29, 0.717) is 0 Å². The van der Waals surface area contributed by atoms with Crippen molar-refractivity contribution in [2.24, 2.45) is 0 Å². The highest BCUT2D eigenvalue weighted by Crippen LogP contribution is 2.34. The standard InChI is InChI=1S/C52H40N2O.C2H6/c1-3-12-48-35(2)46-33-44(24-26-49(46)54-48)42-21-9-19-40(31-42)38-17-7-15-36(29-38)13-5-4-6-14-37-16-8-18-39(30-37)41-20-10-22-43(32-41)45-25-27-50-47(34-45)52-51(55-50)23-11-28-53-52;1-2/h3-12,14-34,54H,13H2,1-2H3;1-2H3/b5-4-,12-3-,14-6+;. The molecule has 0 spiro atoms. The second kappa shape index (κ2) is 16.8. The summed E-state index contributed by atoms with van der Waals surface area (Å²) >= 11 is 0. The summed E-state index contributed by atoms with van der Waals surface area (Å²) in [6.07, 6.45) is 15.6. The minimum Gasteiger partial charge on any atom is -0.454 e. The Morgan fingerprint density at radius 1 is 0.561 bits per heavy atom. The van der Waals surface area contributed by atoms with E-state index in [0.717, 1.165) is 45.2 Å². The van der Waals surface area contributed by atoms with E-state index < -0.39 is 0 Å². The second-order valence-corrected chi connectivity index (χ2v) is 14.1. The summed E-state index contributed by atoms with van der Waals surface area (Å²) in [7, 11) is 0. The maximum absolute atomic E-state index is 6.00. The number of furan rings is 1. The van der Waals surface area contributed by atoms with Crippen molar-refractivity contribution >= 4 is 45.1 Å². The van der Waals surface area contributed by atoms with E-state index in [1.807, 2.05) is 38.2 Å². The van der Waals surface area contributed by atoms with E-state index in [1.165, 1.54) is 61.1 Å². The maximum atomic E-state index is 6.00. The van der Waals surface area contributed by atoms with Crippen LogP contribution in [0.25, 0.3) is 89.6 Å². The van der Waals surface area contributed by atoms with Crippen LogP contribution in [0.5, 0.6) is 0 Å². The molecule has 0 fully saturated rings. The average Bonchev–Trinajstić information content (AvgIpc) is 3.80. The summed E-state index contributed by atoms with van der Waals surface area (Å²) in [6.45, 7) is 8.24. The van der Waals surface area contributed by atoms with Crippen LogP contribution in [0.1, 0.15) is 43.2 Å². The van der Waals surface area contributed by atoms with Gasteiger partial charge in [-0.05, 0) is 142 Å². The Morgan fingerprint density at radius 3 is 1.89 bits per heavy atom. The van der Waals surface area contributed by atoms with Crippen molar-refractivity contribution in [3.05, 3.63) is 198 Å². The fourth-order valence-electron chi connectivity index (χ4n) is 7.54. The van der Waals surface area contributed by atoms with Gasteiger partial charge in [0.15, 0.2) is 5.58 Å². The molecule has 0 atom stereocenters. The topological polar surface area (TPSA) is 41.8 Å². The summed E-state index contributed by atoms with van der Waals surface area (Å²) in [4.78, 5) is 8.10. The molecule has 6 aromatic carbocycles. The van der Waals surface area contributed by atoms with E-state index in [9.17, 15) is 0 Å². The zero-order valence-corrected chi connectivity index (χ0v) is 33.0. The zero-order chi connectivity index (χ0) is 39.1. The third-order valence-electron chi connectivity index (χ3n) is 10.4. The second-order valence-electron chi connectivity index (χ2n) is 14.1. The molecule has 3 heterocycles. The highest BCUT2D eigenvalue weighted by atomic mass is 16.3. The summed E-state index contributed by atoms with van der Waals surface area (Å²) in [5.74, 6) is 0. The number of allylic oxidation sites excluding steroid dienone is 4. The summed E-state index contributed by atoms with van der Waals surface area (Å²) in [5.41, 5.74) is 18.2. The fraction of sp³-hybridized carbons (Fsp3) is 0.0926. The molecule has 3 aromatic heterocycles. The van der Waals surface area contributed by atoms with Crippen molar-refractivity contribution in [2.45, 2.75) is 34.1 Å². The van der Waals surface area contributed by atoms with Crippen LogP contribution in [-0.4, -0.2) is 9.97 Å². The molecule has 0 saturated carbocycles. The first-order chi connectivity index (χ1) is 28.1. The van der Waals surface area contributed by atoms with Crippen LogP contribution in [0.15, 0.2) is 181 Å². The lowest BCUT2D eigenvalue weighted by molar-refractivity contribution is 0.668. The minimum atomic E-state index is 0.811. The summed E-state index contributed by atoms with van der Waals surface area (Å²) in [5, 5.41) is 2.30. The summed E-state index contributed by atoms with van der Waals surface area (Å²) in [6, 6.07) is 52.1. The Morgan fingerprint density at radius 2 is 1.18 bits per heavy atom. The van der Waals surface area contributed by atoms with Gasteiger partial charge in [-0.3, -0.25) is 4.98 Å². The number of benzene rings is 6. The Balaban J connectivity index is 0.00000224. The number of hydrogen-bond acceptors (Lipinski definition) is 2. The molecule has 0 radical (unpaired) electrons. The van der Waals surface area contributed by atoms with Crippen molar-refractivity contribution in [1.82, 2.24) is 9.97 Å². The Hall–Kier alpha value is -6.97. The molecular formula is C54H46N2O. The fourth-order valence-corrected chi connectivity index (χ4v) is 7.54. The first kappa shape index (κ1) is 37.0. The first-order valence-corrected chi connectivity index (χ1v) is 19.9. The van der Waals surface area contributed by atoms with Crippen LogP contribution in [0.2, 0.25) is 0 Å². The number of H-pyrrole nitrogens is 1. The van der Waals surface area contributed by atoms with E-state index >= 15 is 0 Å². The molecule has 0 unspecified atom stereocenters. The monoisotopic (exact) mass is 738 g/mol. The van der Waals surface area contributed by atoms with Gasteiger partial charge in [-0.15, -0.1) is 0 Å². The predicted octanol–water partition coefficient (Wildman–Crippen LogP) is 15.3. The van der Waals surface area contributed by atoms with Gasteiger partial charge >= 0.3 is 0 Å². The third kappa shape index (κ3) is 7.92. The number of aromatic nitrogens is 2. The van der Waals surface area contributed by atoms with Gasteiger partial charge in [0.05, 0.1) is 0 Å². The number of hydrogen-bond donors (Lipinski definition) is 1. The number of fused-ring (bicyclic) bond motifs is 4. The maximum Gasteiger partial charge on any atom is 0.153 e. The lowest BCUT2D eigenvalue weighted by Gasteiger charge is -2.08. The van der Waals surface area contributed by atoms with Crippen LogP contribution in [0.4, 0.5) is 0 Å². The molecular weight excluding hydrogens is 693 g/mol. The van der Waals surface area contributed by atoms with Crippen molar-refractivity contribution in [1.29, 1.82) is 0 Å². The van der Waals surface area contributed by atoms with Gasteiger partial charge in [0.1, 0.15) is 11.1 Å². The molecule has 3 heteroatoms. The van der Waals surface area contributed by atoms with Gasteiger partial charge in [0.2, 0.25) is 0 Å². The molecule has 0 aliphatic carbocycles. The lowest BCUT2D eigenvalue weighted by Crippen LogP contribution is -1.85. The Kier molecular flexibility index (Phi) is 10.9.